The number of hydrogen-bond acceptors (Lipinski definition) is 3. The van der Waals surface area contributed by atoms with Crippen LogP contribution in [0.5, 0.6) is 0 Å². The molecule has 5 rings (SSSR count). The van der Waals surface area contributed by atoms with Crippen LogP contribution in [0.25, 0.3) is 0 Å². The van der Waals surface area contributed by atoms with E-state index < -0.39 is 5.54 Å². The number of Topliss-reactive ketones (excluding diaryl/α,β-unsaturated/α-hetero) is 1. The lowest BCUT2D eigenvalue weighted by molar-refractivity contribution is -0.140. The maximum absolute atomic E-state index is 12.1. The standard InChI is InChI=1S/C27H39NO2/c1-18-5-4-14-28-27(16-18,17-29)24-9-8-22-21-7-6-19-15-20(30)10-12-25(19,2)23(21)11-13-26(22,24)3/h4-5,14,16,19,21-24,29H,6-13,15,17H2,1-3H3/t19?,21-,22-,23-,24?,25-,26-,27?/m0/s1. The van der Waals surface area contributed by atoms with Gasteiger partial charge in [-0.25, -0.2) is 0 Å². The van der Waals surface area contributed by atoms with Crippen molar-refractivity contribution in [2.24, 2.45) is 45.4 Å². The fourth-order valence-corrected chi connectivity index (χ4v) is 9.11. The number of carbonyl (C=O) groups excluding carboxylic acids is 1. The molecule has 0 aromatic rings. The number of ketones is 1. The third-order valence-electron chi connectivity index (χ3n) is 10.6. The van der Waals surface area contributed by atoms with Gasteiger partial charge in [0.05, 0.1) is 6.61 Å². The zero-order valence-electron chi connectivity index (χ0n) is 19.1. The summed E-state index contributed by atoms with van der Waals surface area (Å²) in [5, 5.41) is 10.6. The van der Waals surface area contributed by atoms with Crippen molar-refractivity contribution < 1.29 is 9.90 Å². The minimum atomic E-state index is -0.470. The van der Waals surface area contributed by atoms with Crippen LogP contribution in [0.4, 0.5) is 0 Å². The lowest BCUT2D eigenvalue weighted by atomic mass is 9.44. The van der Waals surface area contributed by atoms with E-state index in [1.165, 1.54) is 44.1 Å². The van der Waals surface area contributed by atoms with E-state index in [-0.39, 0.29) is 12.0 Å². The van der Waals surface area contributed by atoms with Gasteiger partial charge in [0.1, 0.15) is 11.3 Å². The number of fused-ring (bicyclic) bond motifs is 5. The minimum Gasteiger partial charge on any atom is -0.393 e. The highest BCUT2D eigenvalue weighted by Gasteiger charge is 2.63. The molecular formula is C27H39NO2. The van der Waals surface area contributed by atoms with Gasteiger partial charge in [-0.2, -0.15) is 0 Å². The predicted molar refractivity (Wildman–Crippen MR) is 121 cm³/mol. The number of nitrogens with zero attached hydrogens (tertiary/aromatic N) is 1. The van der Waals surface area contributed by atoms with E-state index in [9.17, 15) is 9.90 Å². The van der Waals surface area contributed by atoms with Crippen LogP contribution in [0.15, 0.2) is 28.8 Å². The summed E-state index contributed by atoms with van der Waals surface area (Å²) in [5.74, 6) is 3.84. The second kappa shape index (κ2) is 7.15. The predicted octanol–water partition coefficient (Wildman–Crippen LogP) is 5.53. The molecule has 1 aliphatic heterocycles. The SMILES string of the molecule is CC1=CC(CO)(C2CC[C@H]3[C@@H]4CCC5CC(=O)CC[C@]5(C)[C@H]4CC[C@]23C)N=CC=C1. The number of aliphatic imine (C=N–C) groups is 1. The van der Waals surface area contributed by atoms with E-state index >= 15 is 0 Å². The summed E-state index contributed by atoms with van der Waals surface area (Å²) in [7, 11) is 0. The van der Waals surface area contributed by atoms with E-state index in [2.05, 4.69) is 32.9 Å². The summed E-state index contributed by atoms with van der Waals surface area (Å²) in [6, 6.07) is 0. The van der Waals surface area contributed by atoms with Gasteiger partial charge in [0, 0.05) is 19.1 Å². The van der Waals surface area contributed by atoms with Crippen LogP contribution in [-0.4, -0.2) is 29.3 Å². The van der Waals surface area contributed by atoms with Crippen molar-refractivity contribution in [1.29, 1.82) is 0 Å². The van der Waals surface area contributed by atoms with Crippen molar-refractivity contribution in [2.45, 2.75) is 84.1 Å². The fourth-order valence-electron chi connectivity index (χ4n) is 9.11. The Balaban J connectivity index is 1.46. The lowest BCUT2D eigenvalue weighted by Crippen LogP contribution is -2.55. The monoisotopic (exact) mass is 409 g/mol. The minimum absolute atomic E-state index is 0.103. The highest BCUT2D eigenvalue weighted by molar-refractivity contribution is 5.79. The Bertz CT molecular complexity index is 812. The zero-order chi connectivity index (χ0) is 21.1. The summed E-state index contributed by atoms with van der Waals surface area (Å²) in [4.78, 5) is 17.1. The Morgan fingerprint density at radius 3 is 2.67 bits per heavy atom. The van der Waals surface area contributed by atoms with E-state index in [4.69, 9.17) is 4.99 Å². The van der Waals surface area contributed by atoms with Crippen molar-refractivity contribution in [3.63, 3.8) is 0 Å². The van der Waals surface area contributed by atoms with Gasteiger partial charge >= 0.3 is 0 Å². The van der Waals surface area contributed by atoms with Crippen molar-refractivity contribution in [2.75, 3.05) is 6.61 Å². The van der Waals surface area contributed by atoms with E-state index in [1.807, 2.05) is 12.3 Å². The van der Waals surface area contributed by atoms with Gasteiger partial charge < -0.3 is 5.11 Å². The number of rotatable bonds is 2. The molecule has 0 saturated heterocycles. The maximum Gasteiger partial charge on any atom is 0.133 e. The second-order valence-electron chi connectivity index (χ2n) is 11.7. The average Bonchev–Trinajstić information content (AvgIpc) is 2.97. The molecule has 30 heavy (non-hydrogen) atoms. The molecule has 164 valence electrons. The second-order valence-corrected chi connectivity index (χ2v) is 11.7. The van der Waals surface area contributed by atoms with Gasteiger partial charge in [0.2, 0.25) is 0 Å². The first kappa shape index (κ1) is 20.7. The van der Waals surface area contributed by atoms with Crippen LogP contribution >= 0.6 is 0 Å². The van der Waals surface area contributed by atoms with Gasteiger partial charge in [-0.3, -0.25) is 9.79 Å². The first-order valence-electron chi connectivity index (χ1n) is 12.4. The highest BCUT2D eigenvalue weighted by atomic mass is 16.3. The Kier molecular flexibility index (Phi) is 4.93. The van der Waals surface area contributed by atoms with Gasteiger partial charge in [-0.15, -0.1) is 0 Å². The Morgan fingerprint density at radius 1 is 1.07 bits per heavy atom. The molecule has 5 aliphatic rings. The number of hydrogen-bond donors (Lipinski definition) is 1. The molecule has 4 saturated carbocycles. The van der Waals surface area contributed by atoms with Gasteiger partial charge in [0.15, 0.2) is 0 Å². The van der Waals surface area contributed by atoms with Crippen molar-refractivity contribution in [3.8, 4) is 0 Å². The van der Waals surface area contributed by atoms with E-state index in [0.29, 0.717) is 23.0 Å². The number of allylic oxidation sites excluding steroid dienone is 3. The fraction of sp³-hybridized carbons (Fsp3) is 0.778. The van der Waals surface area contributed by atoms with Gasteiger partial charge in [-0.05, 0) is 98.4 Å². The molecule has 3 heteroatoms. The zero-order valence-corrected chi connectivity index (χ0v) is 19.1. The van der Waals surface area contributed by atoms with Gasteiger partial charge in [-0.1, -0.05) is 31.6 Å². The first-order chi connectivity index (χ1) is 14.3. The van der Waals surface area contributed by atoms with E-state index in [1.54, 1.807) is 0 Å². The Labute approximate surface area is 182 Å². The smallest absolute Gasteiger partial charge is 0.133 e. The molecule has 0 bridgehead atoms. The quantitative estimate of drug-likeness (QED) is 0.652. The molecule has 1 heterocycles. The summed E-state index contributed by atoms with van der Waals surface area (Å²) in [6.07, 6.45) is 18.6. The summed E-state index contributed by atoms with van der Waals surface area (Å²) in [6.45, 7) is 7.29. The summed E-state index contributed by atoms with van der Waals surface area (Å²) >= 11 is 0. The van der Waals surface area contributed by atoms with E-state index in [0.717, 1.165) is 37.0 Å². The first-order valence-corrected chi connectivity index (χ1v) is 12.4. The number of aliphatic hydroxyl groups is 1. The molecule has 0 amide bonds. The molecular weight excluding hydrogens is 370 g/mol. The molecule has 4 aliphatic carbocycles. The van der Waals surface area contributed by atoms with Crippen molar-refractivity contribution >= 4 is 12.0 Å². The molecule has 0 aromatic carbocycles. The molecule has 8 atom stereocenters. The van der Waals surface area contributed by atoms with Crippen LogP contribution in [0.1, 0.15) is 78.6 Å². The third kappa shape index (κ3) is 2.87. The van der Waals surface area contributed by atoms with Crippen LogP contribution in [0.2, 0.25) is 0 Å². The van der Waals surface area contributed by atoms with Crippen LogP contribution in [-0.2, 0) is 4.79 Å². The largest absolute Gasteiger partial charge is 0.393 e. The molecule has 1 N–H and O–H groups in total. The molecule has 3 nitrogen and oxygen atoms in total. The van der Waals surface area contributed by atoms with Crippen molar-refractivity contribution in [3.05, 3.63) is 23.8 Å². The van der Waals surface area contributed by atoms with Crippen LogP contribution < -0.4 is 0 Å². The van der Waals surface area contributed by atoms with Crippen LogP contribution in [0.3, 0.4) is 0 Å². The summed E-state index contributed by atoms with van der Waals surface area (Å²) in [5.41, 5.74) is 1.35. The maximum atomic E-state index is 12.1. The third-order valence-corrected chi connectivity index (χ3v) is 10.6. The topological polar surface area (TPSA) is 49.7 Å². The molecule has 0 spiro atoms. The van der Waals surface area contributed by atoms with Crippen molar-refractivity contribution in [1.82, 2.24) is 0 Å². The molecule has 4 fully saturated rings. The normalized spacial score (nSPS) is 50.3. The Hall–Kier alpha value is -1.22. The number of aliphatic hydroxyl groups excluding tert-OH is 1. The highest BCUT2D eigenvalue weighted by Crippen LogP contribution is 2.68. The Morgan fingerprint density at radius 2 is 1.87 bits per heavy atom. The summed E-state index contributed by atoms with van der Waals surface area (Å²) < 4.78 is 0. The van der Waals surface area contributed by atoms with Gasteiger partial charge in [0.25, 0.3) is 0 Å². The van der Waals surface area contributed by atoms with Crippen LogP contribution in [0, 0.1) is 40.4 Å². The average molecular weight is 410 g/mol. The lowest BCUT2D eigenvalue weighted by Gasteiger charge is -2.61. The molecule has 0 aromatic heterocycles. The molecule has 3 unspecified atom stereocenters. The number of carbonyl (C=O) groups is 1. The molecule has 0 radical (unpaired) electrons.